The first-order valence-corrected chi connectivity index (χ1v) is 11.3. The molecule has 14 heteroatoms. The molecule has 5 aromatic carbocycles. The van der Waals surface area contributed by atoms with Crippen LogP contribution in [0.15, 0.2) is 48.5 Å². The van der Waals surface area contributed by atoms with Crippen molar-refractivity contribution >= 4 is 33.5 Å². The van der Waals surface area contributed by atoms with E-state index >= 15 is 0 Å². The molecule has 5 aromatic rings. The number of halogens is 10. The second kappa shape index (κ2) is 10.4. The van der Waals surface area contributed by atoms with Crippen LogP contribution in [0.1, 0.15) is 20.7 Å². The molecule has 0 saturated heterocycles. The zero-order chi connectivity index (χ0) is 30.6. The van der Waals surface area contributed by atoms with Gasteiger partial charge in [-0.2, -0.15) is 0 Å². The smallest absolute Gasteiger partial charge is 0.349 e. The van der Waals surface area contributed by atoms with E-state index < -0.39 is 92.7 Å². The first-order valence-electron chi connectivity index (χ1n) is 11.3. The average molecular weight is 598 g/mol. The SMILES string of the molecule is O=C(Oc1cccc2cc3cccc(OC(=O)c4c(F)c(F)c(F)c(F)c4F)c3cc12)c1c(F)c(F)c(F)c(F)c1F. The van der Waals surface area contributed by atoms with E-state index in [-0.39, 0.29) is 21.5 Å². The Labute approximate surface area is 226 Å². The summed E-state index contributed by atoms with van der Waals surface area (Å²) in [4.78, 5) is 25.0. The van der Waals surface area contributed by atoms with E-state index in [1.165, 1.54) is 30.3 Å². The van der Waals surface area contributed by atoms with E-state index in [1.54, 1.807) is 0 Å². The molecule has 0 saturated carbocycles. The molecule has 4 nitrogen and oxygen atoms in total. The molecule has 0 amide bonds. The minimum absolute atomic E-state index is 0.0537. The summed E-state index contributed by atoms with van der Waals surface area (Å²) in [7, 11) is 0. The number of rotatable bonds is 4. The molecule has 0 unspecified atom stereocenters. The molecule has 0 aliphatic carbocycles. The molecule has 42 heavy (non-hydrogen) atoms. The van der Waals surface area contributed by atoms with Crippen molar-refractivity contribution in [2.45, 2.75) is 0 Å². The molecule has 0 aliphatic rings. The van der Waals surface area contributed by atoms with Crippen LogP contribution in [0, 0.1) is 58.2 Å². The number of benzene rings is 5. The Kier molecular flexibility index (Phi) is 7.00. The number of hydrogen-bond acceptors (Lipinski definition) is 4. The fourth-order valence-electron chi connectivity index (χ4n) is 4.04. The first kappa shape index (κ1) is 28.4. The minimum atomic E-state index is -2.49. The fourth-order valence-corrected chi connectivity index (χ4v) is 4.04. The standard InChI is InChI=1S/C28H8F10O4/c29-17-15(18(30)22(34)25(37)21(17)33)27(39)41-13-5-1-3-9-7-10-4-2-6-14(12(10)8-11(9)13)42-28(40)16-19(31)23(35)26(38)24(36)20(16)32/h1-8H. The van der Waals surface area contributed by atoms with Crippen molar-refractivity contribution in [1.82, 2.24) is 0 Å². The van der Waals surface area contributed by atoms with Crippen LogP contribution in [0.4, 0.5) is 43.9 Å². The van der Waals surface area contributed by atoms with E-state index in [0.29, 0.717) is 0 Å². The molecule has 0 fully saturated rings. The molecule has 0 aromatic heterocycles. The van der Waals surface area contributed by atoms with E-state index in [2.05, 4.69) is 0 Å². The van der Waals surface area contributed by atoms with Crippen LogP contribution >= 0.6 is 0 Å². The Morgan fingerprint density at radius 3 is 1.07 bits per heavy atom. The van der Waals surface area contributed by atoms with Crippen molar-refractivity contribution in [3.8, 4) is 11.5 Å². The van der Waals surface area contributed by atoms with Crippen molar-refractivity contribution in [2.75, 3.05) is 0 Å². The van der Waals surface area contributed by atoms with Crippen molar-refractivity contribution in [3.63, 3.8) is 0 Å². The molecule has 0 aliphatic heterocycles. The highest BCUT2D eigenvalue weighted by atomic mass is 19.2. The Morgan fingerprint density at radius 2 is 0.738 bits per heavy atom. The van der Waals surface area contributed by atoms with Crippen LogP contribution in [0.5, 0.6) is 11.5 Å². The largest absolute Gasteiger partial charge is 0.422 e. The van der Waals surface area contributed by atoms with Gasteiger partial charge in [-0.15, -0.1) is 0 Å². The van der Waals surface area contributed by atoms with Gasteiger partial charge in [-0.1, -0.05) is 24.3 Å². The molecular formula is C28H8F10O4. The Balaban J connectivity index is 1.59. The van der Waals surface area contributed by atoms with Gasteiger partial charge in [-0.3, -0.25) is 0 Å². The molecule has 0 radical (unpaired) electrons. The van der Waals surface area contributed by atoms with Gasteiger partial charge in [0.15, 0.2) is 46.5 Å². The lowest BCUT2D eigenvalue weighted by molar-refractivity contribution is 0.0713. The predicted molar refractivity (Wildman–Crippen MR) is 124 cm³/mol. The first-order chi connectivity index (χ1) is 19.8. The van der Waals surface area contributed by atoms with Crippen LogP contribution in [0.3, 0.4) is 0 Å². The summed E-state index contributed by atoms with van der Waals surface area (Å²) in [5, 5.41) is 0.436. The summed E-state index contributed by atoms with van der Waals surface area (Å²) in [6.45, 7) is 0. The molecule has 0 heterocycles. The highest BCUT2D eigenvalue weighted by molar-refractivity contribution is 6.05. The number of hydrogen-bond donors (Lipinski definition) is 0. The maximum absolute atomic E-state index is 14.1. The van der Waals surface area contributed by atoms with Crippen LogP contribution in [-0.4, -0.2) is 11.9 Å². The summed E-state index contributed by atoms with van der Waals surface area (Å²) in [6, 6.07) is 10.3. The molecule has 0 bridgehead atoms. The predicted octanol–water partition coefficient (Wildman–Crippen LogP) is 7.82. The molecule has 5 rings (SSSR count). The topological polar surface area (TPSA) is 52.6 Å². The second-order valence-electron chi connectivity index (χ2n) is 8.48. The van der Waals surface area contributed by atoms with Crippen LogP contribution in [0.2, 0.25) is 0 Å². The molecular weight excluding hydrogens is 590 g/mol. The quantitative estimate of drug-likeness (QED) is 0.0529. The summed E-state index contributed by atoms with van der Waals surface area (Å²) >= 11 is 0. The van der Waals surface area contributed by atoms with Gasteiger partial charge >= 0.3 is 11.9 Å². The van der Waals surface area contributed by atoms with Gasteiger partial charge < -0.3 is 9.47 Å². The van der Waals surface area contributed by atoms with Gasteiger partial charge in [0.2, 0.25) is 11.6 Å². The maximum atomic E-state index is 14.1. The molecule has 0 atom stereocenters. The maximum Gasteiger partial charge on any atom is 0.349 e. The van der Waals surface area contributed by atoms with E-state index in [0.717, 1.165) is 18.2 Å². The number of ether oxygens (including phenoxy) is 2. The second-order valence-corrected chi connectivity index (χ2v) is 8.48. The van der Waals surface area contributed by atoms with Crippen LogP contribution in [0.25, 0.3) is 21.5 Å². The monoisotopic (exact) mass is 598 g/mol. The van der Waals surface area contributed by atoms with E-state index in [4.69, 9.17) is 9.47 Å². The summed E-state index contributed by atoms with van der Waals surface area (Å²) in [5.74, 6) is -29.1. The van der Waals surface area contributed by atoms with Crippen molar-refractivity contribution in [3.05, 3.63) is 118 Å². The Morgan fingerprint density at radius 1 is 0.429 bits per heavy atom. The molecule has 0 N–H and O–H groups in total. The number of carbonyl (C=O) groups excluding carboxylic acids is 2. The fraction of sp³-hybridized carbons (Fsp3) is 0. The number of fused-ring (bicyclic) bond motifs is 2. The van der Waals surface area contributed by atoms with Crippen LogP contribution in [-0.2, 0) is 0 Å². The van der Waals surface area contributed by atoms with Gasteiger partial charge in [0, 0.05) is 10.8 Å². The van der Waals surface area contributed by atoms with Crippen molar-refractivity contribution in [2.24, 2.45) is 0 Å². The minimum Gasteiger partial charge on any atom is -0.422 e. The van der Waals surface area contributed by atoms with Gasteiger partial charge in [-0.25, -0.2) is 53.5 Å². The number of carbonyl (C=O) groups is 2. The normalized spacial score (nSPS) is 11.3. The average Bonchev–Trinajstić information content (AvgIpc) is 2.96. The molecule has 214 valence electrons. The summed E-state index contributed by atoms with van der Waals surface area (Å²) in [5.41, 5.74) is -3.75. The van der Waals surface area contributed by atoms with E-state index in [9.17, 15) is 53.5 Å². The lowest BCUT2D eigenvalue weighted by atomic mass is 10.0. The highest BCUT2D eigenvalue weighted by Gasteiger charge is 2.32. The zero-order valence-corrected chi connectivity index (χ0v) is 20.0. The third kappa shape index (κ3) is 4.44. The number of esters is 2. The Bertz CT molecular complexity index is 1790. The van der Waals surface area contributed by atoms with Gasteiger partial charge in [-0.05, 0) is 35.0 Å². The summed E-state index contributed by atoms with van der Waals surface area (Å²) in [6.07, 6.45) is 0. The molecule has 0 spiro atoms. The van der Waals surface area contributed by atoms with Crippen molar-refractivity contribution < 1.29 is 63.0 Å². The van der Waals surface area contributed by atoms with Gasteiger partial charge in [0.25, 0.3) is 0 Å². The third-order valence-corrected chi connectivity index (χ3v) is 6.03. The zero-order valence-electron chi connectivity index (χ0n) is 20.0. The lowest BCUT2D eigenvalue weighted by Gasteiger charge is -2.13. The van der Waals surface area contributed by atoms with Gasteiger partial charge in [0.05, 0.1) is 0 Å². The van der Waals surface area contributed by atoms with Crippen LogP contribution < -0.4 is 9.47 Å². The highest BCUT2D eigenvalue weighted by Crippen LogP contribution is 2.36. The van der Waals surface area contributed by atoms with Crippen molar-refractivity contribution in [1.29, 1.82) is 0 Å². The van der Waals surface area contributed by atoms with Gasteiger partial charge in [0.1, 0.15) is 22.6 Å². The Hall–Kier alpha value is -5.14. The summed E-state index contributed by atoms with van der Waals surface area (Å²) < 4.78 is 148. The van der Waals surface area contributed by atoms with E-state index in [1.807, 2.05) is 0 Å². The third-order valence-electron chi connectivity index (χ3n) is 6.03. The lowest BCUT2D eigenvalue weighted by Crippen LogP contribution is -2.17.